The van der Waals surface area contributed by atoms with Crippen molar-refractivity contribution in [1.29, 1.82) is 0 Å². The van der Waals surface area contributed by atoms with Crippen molar-refractivity contribution in [3.63, 3.8) is 0 Å². The fourth-order valence-electron chi connectivity index (χ4n) is 3.21. The largest absolute Gasteiger partial charge is 0.463 e. The molecule has 0 unspecified atom stereocenters. The monoisotopic (exact) mass is 400 g/mol. The van der Waals surface area contributed by atoms with Crippen LogP contribution >= 0.6 is 0 Å². The Morgan fingerprint density at radius 3 is 2.28 bits per heavy atom. The van der Waals surface area contributed by atoms with Crippen LogP contribution < -0.4 is 10.6 Å². The molecule has 1 atom stereocenters. The standard InChI is InChI=1S/C19H20N4O6/c1-3-22-15(24)16(25)23(19(22)28)10-12-13(17(26)29-4-2)14(21-18(27)20-12)11-8-6-5-7-9-11/h5-9,14H,3-4,10H2,1-2H3,(H2,20,21,27)/t14-/m0/s1. The van der Waals surface area contributed by atoms with Gasteiger partial charge in [-0.15, -0.1) is 0 Å². The number of likely N-dealkylation sites (N-methyl/N-ethyl adjacent to an activating group) is 1. The molecule has 2 N–H and O–H groups in total. The second-order valence-electron chi connectivity index (χ2n) is 6.28. The summed E-state index contributed by atoms with van der Waals surface area (Å²) in [5.41, 5.74) is 0.697. The molecule has 2 heterocycles. The Bertz CT molecular complexity index is 911. The predicted molar refractivity (Wildman–Crippen MR) is 99.0 cm³/mol. The van der Waals surface area contributed by atoms with E-state index >= 15 is 0 Å². The van der Waals surface area contributed by atoms with Crippen LogP contribution in [0.5, 0.6) is 0 Å². The Morgan fingerprint density at radius 2 is 1.69 bits per heavy atom. The van der Waals surface area contributed by atoms with Crippen LogP contribution in [0.3, 0.4) is 0 Å². The van der Waals surface area contributed by atoms with Crippen LogP contribution in [-0.2, 0) is 19.1 Å². The van der Waals surface area contributed by atoms with E-state index in [1.807, 2.05) is 0 Å². The van der Waals surface area contributed by atoms with E-state index in [0.29, 0.717) is 10.5 Å². The van der Waals surface area contributed by atoms with Crippen molar-refractivity contribution < 1.29 is 28.7 Å². The number of esters is 1. The highest BCUT2D eigenvalue weighted by atomic mass is 16.5. The molecule has 1 fully saturated rings. The molecule has 6 amide bonds. The predicted octanol–water partition coefficient (Wildman–Crippen LogP) is 0.668. The minimum Gasteiger partial charge on any atom is -0.463 e. The molecule has 10 heteroatoms. The van der Waals surface area contributed by atoms with Gasteiger partial charge in [0.25, 0.3) is 0 Å². The van der Waals surface area contributed by atoms with Gasteiger partial charge in [-0.25, -0.2) is 19.3 Å². The number of nitrogens with one attached hydrogen (secondary N) is 2. The fraction of sp³-hybridized carbons (Fsp3) is 0.316. The van der Waals surface area contributed by atoms with Gasteiger partial charge in [-0.3, -0.25) is 14.5 Å². The van der Waals surface area contributed by atoms with E-state index in [9.17, 15) is 24.0 Å². The first-order chi connectivity index (χ1) is 13.9. The maximum Gasteiger partial charge on any atom is 0.338 e. The summed E-state index contributed by atoms with van der Waals surface area (Å²) in [6, 6.07) is 6.47. The van der Waals surface area contributed by atoms with Gasteiger partial charge in [-0.2, -0.15) is 0 Å². The molecule has 1 aromatic rings. The summed E-state index contributed by atoms with van der Waals surface area (Å²) in [6.45, 7) is 2.88. The summed E-state index contributed by atoms with van der Waals surface area (Å²) >= 11 is 0. The quantitative estimate of drug-likeness (QED) is 0.411. The smallest absolute Gasteiger partial charge is 0.338 e. The molecule has 0 aliphatic carbocycles. The highest BCUT2D eigenvalue weighted by Gasteiger charge is 2.45. The van der Waals surface area contributed by atoms with Gasteiger partial charge in [0.05, 0.1) is 30.5 Å². The van der Waals surface area contributed by atoms with Crippen LogP contribution in [0.15, 0.2) is 41.6 Å². The van der Waals surface area contributed by atoms with E-state index in [1.54, 1.807) is 44.2 Å². The van der Waals surface area contributed by atoms with Crippen LogP contribution in [0.25, 0.3) is 0 Å². The zero-order chi connectivity index (χ0) is 21.1. The Hall–Kier alpha value is -3.69. The fourth-order valence-corrected chi connectivity index (χ4v) is 3.21. The van der Waals surface area contributed by atoms with E-state index in [0.717, 1.165) is 4.90 Å². The maximum atomic E-state index is 12.7. The number of imide groups is 2. The zero-order valence-electron chi connectivity index (χ0n) is 15.9. The van der Waals surface area contributed by atoms with Gasteiger partial charge in [-0.1, -0.05) is 30.3 Å². The van der Waals surface area contributed by atoms with Gasteiger partial charge < -0.3 is 15.4 Å². The molecule has 1 saturated heterocycles. The molecule has 0 radical (unpaired) electrons. The average Bonchev–Trinajstić information content (AvgIpc) is 2.91. The lowest BCUT2D eigenvalue weighted by atomic mass is 9.95. The van der Waals surface area contributed by atoms with Crippen LogP contribution in [0.4, 0.5) is 9.59 Å². The Balaban J connectivity index is 2.04. The third kappa shape index (κ3) is 3.68. The van der Waals surface area contributed by atoms with Crippen LogP contribution in [-0.4, -0.2) is 59.3 Å². The van der Waals surface area contributed by atoms with Crippen LogP contribution in [0.2, 0.25) is 0 Å². The van der Waals surface area contributed by atoms with E-state index < -0.39 is 42.4 Å². The van der Waals surface area contributed by atoms with Crippen molar-refractivity contribution in [3.05, 3.63) is 47.2 Å². The molecule has 0 spiro atoms. The molecule has 3 rings (SSSR count). The van der Waals surface area contributed by atoms with Crippen LogP contribution in [0.1, 0.15) is 25.5 Å². The lowest BCUT2D eigenvalue weighted by Crippen LogP contribution is -2.49. The van der Waals surface area contributed by atoms with Gasteiger partial charge in [0.2, 0.25) is 0 Å². The first-order valence-corrected chi connectivity index (χ1v) is 9.08. The van der Waals surface area contributed by atoms with Gasteiger partial charge >= 0.3 is 29.8 Å². The lowest BCUT2D eigenvalue weighted by Gasteiger charge is -2.30. The second kappa shape index (κ2) is 8.13. The molecule has 2 aliphatic heterocycles. The number of hydrogen-bond donors (Lipinski definition) is 2. The van der Waals surface area contributed by atoms with Gasteiger partial charge in [-0.05, 0) is 19.4 Å². The summed E-state index contributed by atoms with van der Waals surface area (Å²) in [4.78, 5) is 63.0. The zero-order valence-corrected chi connectivity index (χ0v) is 15.9. The summed E-state index contributed by atoms with van der Waals surface area (Å²) in [5.74, 6) is -2.67. The third-order valence-electron chi connectivity index (χ3n) is 4.55. The van der Waals surface area contributed by atoms with Gasteiger partial charge in [0.15, 0.2) is 0 Å². The Morgan fingerprint density at radius 1 is 1.03 bits per heavy atom. The summed E-state index contributed by atoms with van der Waals surface area (Å²) < 4.78 is 5.13. The van der Waals surface area contributed by atoms with Crippen molar-refractivity contribution in [1.82, 2.24) is 20.4 Å². The number of nitrogens with zero attached hydrogens (tertiary/aromatic N) is 2. The number of rotatable bonds is 6. The van der Waals surface area contributed by atoms with E-state index in [1.165, 1.54) is 0 Å². The normalized spacial score (nSPS) is 19.4. The van der Waals surface area contributed by atoms with E-state index in [4.69, 9.17) is 4.74 Å². The summed E-state index contributed by atoms with van der Waals surface area (Å²) in [5, 5.41) is 5.13. The molecule has 10 nitrogen and oxygen atoms in total. The SMILES string of the molecule is CCOC(=O)C1=C(CN2C(=O)C(=O)N(CC)C2=O)NC(=O)N[C@H]1c1ccccc1. The van der Waals surface area contributed by atoms with Crippen molar-refractivity contribution in [2.75, 3.05) is 19.7 Å². The highest BCUT2D eigenvalue weighted by Crippen LogP contribution is 2.28. The van der Waals surface area contributed by atoms with Gasteiger partial charge in [0.1, 0.15) is 0 Å². The minimum absolute atomic E-state index is 0.0218. The third-order valence-corrected chi connectivity index (χ3v) is 4.55. The molecule has 0 saturated carbocycles. The van der Waals surface area contributed by atoms with E-state index in [2.05, 4.69) is 10.6 Å². The molecule has 29 heavy (non-hydrogen) atoms. The number of urea groups is 2. The number of hydrogen-bond acceptors (Lipinski definition) is 6. The number of carbonyl (C=O) groups is 5. The first-order valence-electron chi connectivity index (χ1n) is 9.08. The van der Waals surface area contributed by atoms with Crippen molar-refractivity contribution >= 4 is 29.8 Å². The summed E-state index contributed by atoms with van der Waals surface area (Å²) in [6.07, 6.45) is 0. The number of ether oxygens (including phenoxy) is 1. The van der Waals surface area contributed by atoms with Gasteiger partial charge in [0, 0.05) is 6.54 Å². The lowest BCUT2D eigenvalue weighted by molar-refractivity contribution is -0.143. The molecule has 2 aliphatic rings. The molecule has 0 bridgehead atoms. The van der Waals surface area contributed by atoms with Crippen LogP contribution in [0, 0.1) is 0 Å². The number of amides is 6. The first kappa shape index (κ1) is 20.1. The maximum absolute atomic E-state index is 12.7. The van der Waals surface area contributed by atoms with Crippen molar-refractivity contribution in [2.45, 2.75) is 19.9 Å². The molecular formula is C19H20N4O6. The molecule has 152 valence electrons. The Kier molecular flexibility index (Phi) is 5.62. The number of benzene rings is 1. The second-order valence-corrected chi connectivity index (χ2v) is 6.28. The molecular weight excluding hydrogens is 380 g/mol. The number of carbonyl (C=O) groups excluding carboxylic acids is 5. The topological polar surface area (TPSA) is 125 Å². The minimum atomic E-state index is -1.02. The average molecular weight is 400 g/mol. The molecule has 0 aromatic heterocycles. The highest BCUT2D eigenvalue weighted by molar-refractivity contribution is 6.44. The van der Waals surface area contributed by atoms with E-state index in [-0.39, 0.29) is 24.4 Å². The summed E-state index contributed by atoms with van der Waals surface area (Å²) in [7, 11) is 0. The molecule has 1 aromatic carbocycles. The van der Waals surface area contributed by atoms with Crippen molar-refractivity contribution in [2.24, 2.45) is 0 Å². The Labute approximate surface area is 166 Å². The van der Waals surface area contributed by atoms with Crippen molar-refractivity contribution in [3.8, 4) is 0 Å².